The van der Waals surface area contributed by atoms with Crippen LogP contribution in [0.2, 0.25) is 0 Å². The molecule has 0 aliphatic rings. The van der Waals surface area contributed by atoms with Gasteiger partial charge in [-0.05, 0) is 51.1 Å². The molecule has 0 aliphatic heterocycles. The van der Waals surface area contributed by atoms with Gasteiger partial charge >= 0.3 is 6.09 Å². The monoisotopic (exact) mass is 366 g/mol. The molecule has 0 fully saturated rings. The highest BCUT2D eigenvalue weighted by atomic mass is 16.6. The summed E-state index contributed by atoms with van der Waals surface area (Å²) in [6.45, 7) is 5.46. The Hall–Kier alpha value is -3.28. The van der Waals surface area contributed by atoms with E-state index in [9.17, 15) is 4.79 Å². The van der Waals surface area contributed by atoms with Gasteiger partial charge in [0.25, 0.3) is 0 Å². The predicted octanol–water partition coefficient (Wildman–Crippen LogP) is 5.36. The third-order valence-electron chi connectivity index (χ3n) is 3.65. The van der Waals surface area contributed by atoms with Crippen molar-refractivity contribution in [2.24, 2.45) is 0 Å². The molecule has 0 unspecified atom stereocenters. The first-order valence-corrected chi connectivity index (χ1v) is 8.54. The number of hydrogen-bond donors (Lipinski definition) is 1. The van der Waals surface area contributed by atoms with E-state index in [-0.39, 0.29) is 0 Å². The molecule has 0 spiro atoms. The molecule has 0 aliphatic carbocycles. The standard InChI is InChI=1S/C21H22N2O4/c1-21(2,3)27-20(24)22-16-10-8-14(9-11-16)18-13-26-19(23-18)15-6-5-7-17(12-15)25-4/h5-13H,1-4H3,(H,22,24). The third kappa shape index (κ3) is 4.88. The first kappa shape index (κ1) is 18.5. The number of carbonyl (C=O) groups is 1. The van der Waals surface area contributed by atoms with Crippen LogP contribution in [0, 0.1) is 0 Å². The quantitative estimate of drug-likeness (QED) is 0.672. The van der Waals surface area contributed by atoms with Crippen molar-refractivity contribution < 1.29 is 18.7 Å². The van der Waals surface area contributed by atoms with Crippen LogP contribution in [0.3, 0.4) is 0 Å². The van der Waals surface area contributed by atoms with Crippen LogP contribution < -0.4 is 10.1 Å². The number of amides is 1. The molecule has 0 saturated carbocycles. The van der Waals surface area contributed by atoms with Gasteiger partial charge in [0.1, 0.15) is 23.3 Å². The molecule has 6 heteroatoms. The van der Waals surface area contributed by atoms with E-state index in [2.05, 4.69) is 10.3 Å². The molecule has 1 N–H and O–H groups in total. The molecule has 6 nitrogen and oxygen atoms in total. The molecule has 2 aromatic carbocycles. The summed E-state index contributed by atoms with van der Waals surface area (Å²) < 4.78 is 16.1. The minimum Gasteiger partial charge on any atom is -0.497 e. The normalized spacial score (nSPS) is 11.1. The lowest BCUT2D eigenvalue weighted by Gasteiger charge is -2.19. The van der Waals surface area contributed by atoms with Gasteiger partial charge in [0.05, 0.1) is 7.11 Å². The molecule has 140 valence electrons. The Morgan fingerprint density at radius 1 is 1.07 bits per heavy atom. The van der Waals surface area contributed by atoms with Crippen LogP contribution in [0.1, 0.15) is 20.8 Å². The summed E-state index contributed by atoms with van der Waals surface area (Å²) in [5, 5.41) is 2.70. The first-order chi connectivity index (χ1) is 12.8. The van der Waals surface area contributed by atoms with Gasteiger partial charge in [-0.2, -0.15) is 0 Å². The van der Waals surface area contributed by atoms with Gasteiger partial charge in [-0.25, -0.2) is 9.78 Å². The number of nitrogens with one attached hydrogen (secondary N) is 1. The van der Waals surface area contributed by atoms with Gasteiger partial charge in [0.2, 0.25) is 5.89 Å². The Morgan fingerprint density at radius 2 is 1.81 bits per heavy atom. The van der Waals surface area contributed by atoms with Crippen molar-refractivity contribution in [3.05, 3.63) is 54.8 Å². The van der Waals surface area contributed by atoms with Crippen LogP contribution in [0.5, 0.6) is 5.75 Å². The average molecular weight is 366 g/mol. The fraction of sp³-hybridized carbons (Fsp3) is 0.238. The molecule has 0 atom stereocenters. The van der Waals surface area contributed by atoms with E-state index in [4.69, 9.17) is 13.9 Å². The van der Waals surface area contributed by atoms with Crippen molar-refractivity contribution in [3.63, 3.8) is 0 Å². The zero-order valence-corrected chi connectivity index (χ0v) is 15.8. The summed E-state index contributed by atoms with van der Waals surface area (Å²) in [7, 11) is 1.62. The summed E-state index contributed by atoms with van der Waals surface area (Å²) in [6.07, 6.45) is 1.11. The predicted molar refractivity (Wildman–Crippen MR) is 104 cm³/mol. The second kappa shape index (κ2) is 7.53. The van der Waals surface area contributed by atoms with Crippen molar-refractivity contribution in [2.75, 3.05) is 12.4 Å². The number of nitrogens with zero attached hydrogens (tertiary/aromatic N) is 1. The van der Waals surface area contributed by atoms with Gasteiger partial charge in [-0.15, -0.1) is 0 Å². The topological polar surface area (TPSA) is 73.6 Å². The van der Waals surface area contributed by atoms with Gasteiger partial charge in [-0.1, -0.05) is 18.2 Å². The molecule has 27 heavy (non-hydrogen) atoms. The van der Waals surface area contributed by atoms with E-state index in [0.29, 0.717) is 17.3 Å². The number of benzene rings is 2. The van der Waals surface area contributed by atoms with Gasteiger partial charge in [0.15, 0.2) is 0 Å². The summed E-state index contributed by atoms with van der Waals surface area (Å²) >= 11 is 0. The number of aromatic nitrogens is 1. The van der Waals surface area contributed by atoms with Crippen LogP contribution in [0.15, 0.2) is 59.2 Å². The third-order valence-corrected chi connectivity index (χ3v) is 3.65. The molecule has 0 radical (unpaired) electrons. The molecular formula is C21H22N2O4. The Balaban J connectivity index is 1.72. The van der Waals surface area contributed by atoms with Crippen molar-refractivity contribution in [2.45, 2.75) is 26.4 Å². The van der Waals surface area contributed by atoms with E-state index in [1.54, 1.807) is 25.5 Å². The molecule has 3 aromatic rings. The second-order valence-corrected chi connectivity index (χ2v) is 6.97. The van der Waals surface area contributed by atoms with Gasteiger partial charge in [0, 0.05) is 16.8 Å². The molecule has 3 rings (SSSR count). The summed E-state index contributed by atoms with van der Waals surface area (Å²) in [4.78, 5) is 16.4. The van der Waals surface area contributed by atoms with Crippen molar-refractivity contribution in [1.29, 1.82) is 0 Å². The Bertz CT molecular complexity index is 924. The SMILES string of the molecule is COc1cccc(-c2nc(-c3ccc(NC(=O)OC(C)(C)C)cc3)co2)c1. The van der Waals surface area contributed by atoms with E-state index < -0.39 is 11.7 Å². The smallest absolute Gasteiger partial charge is 0.412 e. The minimum atomic E-state index is -0.540. The number of carbonyl (C=O) groups excluding carboxylic acids is 1. The Morgan fingerprint density at radius 3 is 2.48 bits per heavy atom. The van der Waals surface area contributed by atoms with Gasteiger partial charge < -0.3 is 13.9 Å². The molecule has 0 saturated heterocycles. The molecule has 1 heterocycles. The Kier molecular flexibility index (Phi) is 5.16. The highest BCUT2D eigenvalue weighted by Gasteiger charge is 2.16. The van der Waals surface area contributed by atoms with Gasteiger partial charge in [-0.3, -0.25) is 5.32 Å². The lowest BCUT2D eigenvalue weighted by molar-refractivity contribution is 0.0636. The van der Waals surface area contributed by atoms with E-state index >= 15 is 0 Å². The van der Waals surface area contributed by atoms with Crippen LogP contribution in [-0.2, 0) is 4.74 Å². The van der Waals surface area contributed by atoms with Crippen LogP contribution in [0.25, 0.3) is 22.7 Å². The molecule has 1 aromatic heterocycles. The van der Waals surface area contributed by atoms with Crippen molar-refractivity contribution >= 4 is 11.8 Å². The van der Waals surface area contributed by atoms with E-state index in [1.165, 1.54) is 0 Å². The number of methoxy groups -OCH3 is 1. The maximum absolute atomic E-state index is 11.8. The van der Waals surface area contributed by atoms with Crippen LogP contribution in [-0.4, -0.2) is 23.8 Å². The van der Waals surface area contributed by atoms with Crippen molar-refractivity contribution in [3.8, 4) is 28.5 Å². The largest absolute Gasteiger partial charge is 0.497 e. The molecule has 1 amide bonds. The van der Waals surface area contributed by atoms with E-state index in [1.807, 2.05) is 57.2 Å². The maximum Gasteiger partial charge on any atom is 0.412 e. The summed E-state index contributed by atoms with van der Waals surface area (Å²) in [5.74, 6) is 1.25. The highest BCUT2D eigenvalue weighted by molar-refractivity contribution is 5.85. The molecular weight excluding hydrogens is 344 g/mol. The number of rotatable bonds is 4. The average Bonchev–Trinajstić information content (AvgIpc) is 3.11. The van der Waals surface area contributed by atoms with Crippen molar-refractivity contribution in [1.82, 2.24) is 4.98 Å². The first-order valence-electron chi connectivity index (χ1n) is 8.54. The lowest BCUT2D eigenvalue weighted by Crippen LogP contribution is -2.27. The number of anilines is 1. The zero-order valence-electron chi connectivity index (χ0n) is 15.8. The minimum absolute atomic E-state index is 0.489. The highest BCUT2D eigenvalue weighted by Crippen LogP contribution is 2.27. The Labute approximate surface area is 158 Å². The number of hydrogen-bond acceptors (Lipinski definition) is 5. The van der Waals surface area contributed by atoms with Crippen LogP contribution in [0.4, 0.5) is 10.5 Å². The number of oxazole rings is 1. The lowest BCUT2D eigenvalue weighted by atomic mass is 10.1. The van der Waals surface area contributed by atoms with Crippen LogP contribution >= 0.6 is 0 Å². The fourth-order valence-corrected chi connectivity index (χ4v) is 2.44. The molecule has 0 bridgehead atoms. The number of ether oxygens (including phenoxy) is 2. The second-order valence-electron chi connectivity index (χ2n) is 6.97. The summed E-state index contributed by atoms with van der Waals surface area (Å²) in [6, 6.07) is 14.8. The summed E-state index contributed by atoms with van der Waals surface area (Å²) in [5.41, 5.74) is 2.52. The zero-order chi connectivity index (χ0) is 19.4. The van der Waals surface area contributed by atoms with E-state index in [0.717, 1.165) is 16.9 Å². The maximum atomic E-state index is 11.8. The fourth-order valence-electron chi connectivity index (χ4n) is 2.44.